The number of nitrogens with one attached hydrogen (secondary N) is 1. The molecule has 0 saturated heterocycles. The van der Waals surface area contributed by atoms with Crippen LogP contribution in [0.1, 0.15) is 132 Å². The third-order valence-corrected chi connectivity index (χ3v) is 14.4. The van der Waals surface area contributed by atoms with Gasteiger partial charge in [-0.1, -0.05) is 66.9 Å². The Morgan fingerprint density at radius 1 is 0.930 bits per heavy atom. The molecule has 0 aromatic heterocycles. The van der Waals surface area contributed by atoms with Crippen LogP contribution in [0.3, 0.4) is 0 Å². The average molecular weight is 596 g/mol. The highest BCUT2D eigenvalue weighted by molar-refractivity contribution is 5.92. The van der Waals surface area contributed by atoms with Crippen molar-refractivity contribution in [3.05, 3.63) is 11.1 Å². The first-order valence-corrected chi connectivity index (χ1v) is 17.5. The van der Waals surface area contributed by atoms with Crippen molar-refractivity contribution in [1.29, 1.82) is 0 Å². The van der Waals surface area contributed by atoms with Gasteiger partial charge in [0.1, 0.15) is 11.9 Å². The van der Waals surface area contributed by atoms with E-state index < -0.39 is 5.54 Å². The van der Waals surface area contributed by atoms with Gasteiger partial charge in [0, 0.05) is 24.7 Å². The Kier molecular flexibility index (Phi) is 7.49. The quantitative estimate of drug-likeness (QED) is 0.247. The second-order valence-corrected chi connectivity index (χ2v) is 17.2. The molecule has 6 aliphatic carbocycles. The fraction of sp³-hybridized carbons (Fsp3) is 0.865. The van der Waals surface area contributed by atoms with Crippen molar-refractivity contribution >= 4 is 17.8 Å². The Bertz CT molecular complexity index is 1220. The molecule has 0 spiro atoms. The Hall–Kier alpha value is -1.85. The maximum atomic E-state index is 13.8. The molecule has 1 N–H and O–H groups in total. The summed E-state index contributed by atoms with van der Waals surface area (Å²) in [6, 6.07) is 0. The summed E-state index contributed by atoms with van der Waals surface area (Å²) < 4.78 is 11.6. The topological polar surface area (TPSA) is 81.7 Å². The van der Waals surface area contributed by atoms with Crippen molar-refractivity contribution in [2.24, 2.45) is 51.2 Å². The molecular weight excluding hydrogens is 538 g/mol. The number of hydrogen-bond acceptors (Lipinski definition) is 5. The van der Waals surface area contributed by atoms with Crippen LogP contribution in [-0.4, -0.2) is 36.1 Å². The fourth-order valence-electron chi connectivity index (χ4n) is 12.0. The summed E-state index contributed by atoms with van der Waals surface area (Å²) in [5.41, 5.74) is 2.33. The van der Waals surface area contributed by atoms with Gasteiger partial charge in [0.05, 0.1) is 12.1 Å². The highest BCUT2D eigenvalue weighted by atomic mass is 16.5. The number of carbonyl (C=O) groups excluding carboxylic acids is 3. The minimum absolute atomic E-state index is 0.0189. The predicted octanol–water partition coefficient (Wildman–Crippen LogP) is 8.18. The van der Waals surface area contributed by atoms with Gasteiger partial charge < -0.3 is 14.8 Å². The van der Waals surface area contributed by atoms with Gasteiger partial charge in [0.2, 0.25) is 0 Å². The molecule has 0 bridgehead atoms. The first-order valence-electron chi connectivity index (χ1n) is 17.5. The van der Waals surface area contributed by atoms with Gasteiger partial charge in [-0.15, -0.1) is 0 Å². The van der Waals surface area contributed by atoms with E-state index in [1.54, 1.807) is 6.92 Å². The smallest absolute Gasteiger partial charge is 0.407 e. The van der Waals surface area contributed by atoms with Crippen LogP contribution in [-0.2, 0) is 19.1 Å². The van der Waals surface area contributed by atoms with Crippen LogP contribution in [0.5, 0.6) is 0 Å². The lowest BCUT2D eigenvalue weighted by Crippen LogP contribution is -2.65. The largest absolute Gasteiger partial charge is 0.462 e. The molecule has 240 valence electrons. The lowest BCUT2D eigenvalue weighted by atomic mass is 9.34. The summed E-state index contributed by atoms with van der Waals surface area (Å²) in [4.78, 5) is 39.0. The van der Waals surface area contributed by atoms with Crippen LogP contribution in [0.25, 0.3) is 0 Å². The third kappa shape index (κ3) is 4.65. The van der Waals surface area contributed by atoms with E-state index in [2.05, 4.69) is 53.8 Å². The van der Waals surface area contributed by atoms with Crippen molar-refractivity contribution in [2.75, 3.05) is 6.61 Å². The summed E-state index contributed by atoms with van der Waals surface area (Å²) >= 11 is 0. The van der Waals surface area contributed by atoms with E-state index >= 15 is 0 Å². The number of alkyl carbamates (subject to hydrolysis) is 1. The van der Waals surface area contributed by atoms with Gasteiger partial charge in [0.15, 0.2) is 0 Å². The van der Waals surface area contributed by atoms with E-state index in [1.807, 2.05) is 0 Å². The van der Waals surface area contributed by atoms with Crippen LogP contribution in [0, 0.1) is 51.2 Å². The number of carbonyl (C=O) groups is 3. The number of rotatable bonds is 6. The van der Waals surface area contributed by atoms with Crippen LogP contribution < -0.4 is 5.32 Å². The number of hydrogen-bond donors (Lipinski definition) is 1. The molecule has 0 aromatic carbocycles. The molecule has 3 unspecified atom stereocenters. The molecule has 0 aliphatic heterocycles. The van der Waals surface area contributed by atoms with E-state index in [1.165, 1.54) is 24.0 Å². The molecule has 5 fully saturated rings. The first-order chi connectivity index (χ1) is 20.1. The van der Waals surface area contributed by atoms with Crippen molar-refractivity contribution in [3.8, 4) is 0 Å². The maximum absolute atomic E-state index is 13.8. The molecule has 6 aliphatic rings. The standard InChI is InChI=1S/C37H57NO5/c1-22(2)30-26(40)21-37(38-32(41)42-20-15-24-9-10-24)19-18-35(7)25(31(30)37)11-12-28-34(6)16-14-29(43-23(3)39)33(4,5)27(34)13-17-36(28,35)8/h22,24,27-30H,9-21H2,1-8H3,(H,38,41)/t27?,28?,29-,30?,34-,35+,36+,37+/m0/s1. The Balaban J connectivity index is 1.35. The van der Waals surface area contributed by atoms with Gasteiger partial charge in [0.25, 0.3) is 0 Å². The molecule has 0 radical (unpaired) electrons. The predicted molar refractivity (Wildman–Crippen MR) is 167 cm³/mol. The summed E-state index contributed by atoms with van der Waals surface area (Å²) in [6.45, 7) is 18.7. The molecule has 0 heterocycles. The lowest BCUT2D eigenvalue weighted by molar-refractivity contribution is -0.212. The molecular formula is C37H57NO5. The number of Topliss-reactive ketones (excluding diaryl/α,β-unsaturated/α-hetero) is 1. The minimum Gasteiger partial charge on any atom is -0.462 e. The molecule has 6 heteroatoms. The number of ketones is 1. The van der Waals surface area contributed by atoms with E-state index in [9.17, 15) is 14.4 Å². The molecule has 43 heavy (non-hydrogen) atoms. The summed E-state index contributed by atoms with van der Waals surface area (Å²) in [5, 5.41) is 3.34. The number of allylic oxidation sites excluding steroid dienone is 1. The minimum atomic E-state index is -0.605. The molecule has 6 rings (SSSR count). The molecule has 6 nitrogen and oxygen atoms in total. The zero-order valence-corrected chi connectivity index (χ0v) is 28.2. The van der Waals surface area contributed by atoms with Crippen molar-refractivity contribution in [3.63, 3.8) is 0 Å². The van der Waals surface area contributed by atoms with E-state index in [0.717, 1.165) is 57.8 Å². The van der Waals surface area contributed by atoms with Crippen LogP contribution in [0.4, 0.5) is 4.79 Å². The van der Waals surface area contributed by atoms with Crippen molar-refractivity contribution in [2.45, 2.75) is 144 Å². The molecule has 5 saturated carbocycles. The molecule has 0 aromatic rings. The van der Waals surface area contributed by atoms with Gasteiger partial charge in [-0.2, -0.15) is 0 Å². The second-order valence-electron chi connectivity index (χ2n) is 17.2. The average Bonchev–Trinajstić information content (AvgIpc) is 3.67. The Morgan fingerprint density at radius 3 is 2.30 bits per heavy atom. The number of fused-ring (bicyclic) bond motifs is 6. The van der Waals surface area contributed by atoms with Gasteiger partial charge >= 0.3 is 12.1 Å². The summed E-state index contributed by atoms with van der Waals surface area (Å²) in [5.74, 6) is 1.96. The van der Waals surface area contributed by atoms with Crippen LogP contribution in [0.15, 0.2) is 11.1 Å². The van der Waals surface area contributed by atoms with E-state index in [-0.39, 0.29) is 57.4 Å². The van der Waals surface area contributed by atoms with Crippen molar-refractivity contribution in [1.82, 2.24) is 5.32 Å². The zero-order chi connectivity index (χ0) is 31.2. The highest BCUT2D eigenvalue weighted by Gasteiger charge is 2.69. The van der Waals surface area contributed by atoms with Gasteiger partial charge in [-0.05, 0) is 103 Å². The van der Waals surface area contributed by atoms with Crippen LogP contribution in [0.2, 0.25) is 0 Å². The molecule has 1 amide bonds. The van der Waals surface area contributed by atoms with Gasteiger partial charge in [-0.25, -0.2) is 4.79 Å². The highest BCUT2D eigenvalue weighted by Crippen LogP contribution is 2.75. The lowest BCUT2D eigenvalue weighted by Gasteiger charge is -2.70. The maximum Gasteiger partial charge on any atom is 0.407 e. The monoisotopic (exact) mass is 595 g/mol. The zero-order valence-electron chi connectivity index (χ0n) is 28.2. The van der Waals surface area contributed by atoms with E-state index in [0.29, 0.717) is 30.8 Å². The Labute approximate surface area is 259 Å². The second kappa shape index (κ2) is 10.3. The number of amides is 1. The fourth-order valence-corrected chi connectivity index (χ4v) is 12.0. The summed E-state index contributed by atoms with van der Waals surface area (Å²) in [6.07, 6.45) is 11.7. The van der Waals surface area contributed by atoms with Crippen LogP contribution >= 0.6 is 0 Å². The number of esters is 1. The third-order valence-electron chi connectivity index (χ3n) is 14.4. The number of ether oxygens (including phenoxy) is 2. The normalized spacial score (nSPS) is 43.3. The Morgan fingerprint density at radius 2 is 1.65 bits per heavy atom. The van der Waals surface area contributed by atoms with Gasteiger partial charge in [-0.3, -0.25) is 9.59 Å². The summed E-state index contributed by atoms with van der Waals surface area (Å²) in [7, 11) is 0. The first kappa shape index (κ1) is 31.1. The van der Waals surface area contributed by atoms with E-state index in [4.69, 9.17) is 9.47 Å². The molecule has 8 atom stereocenters. The SMILES string of the molecule is CC(=O)O[C@H]1CC[C@@]2(C)C(CC[C@]3(C)C2CCC2=C4C(C(C)C)C(=O)C[C@]4(NC(=O)OCCC4CC4)CC[C@]23C)C1(C)C. The van der Waals surface area contributed by atoms with Crippen molar-refractivity contribution < 1.29 is 23.9 Å².